The van der Waals surface area contributed by atoms with Gasteiger partial charge in [0.1, 0.15) is 5.82 Å². The van der Waals surface area contributed by atoms with Gasteiger partial charge in [0.05, 0.1) is 5.69 Å². The summed E-state index contributed by atoms with van der Waals surface area (Å²) < 4.78 is 1.08. The molecule has 4 heteroatoms. The minimum Gasteiger partial charge on any atom is -0.345 e. The Kier molecular flexibility index (Phi) is 4.19. The van der Waals surface area contributed by atoms with Gasteiger partial charge in [-0.15, -0.1) is 0 Å². The van der Waals surface area contributed by atoms with E-state index in [2.05, 4.69) is 46.9 Å². The first kappa shape index (κ1) is 13.3. The highest BCUT2D eigenvalue weighted by Gasteiger charge is 2.15. The quantitative estimate of drug-likeness (QED) is 0.906. The summed E-state index contributed by atoms with van der Waals surface area (Å²) in [6.07, 6.45) is 1.00. The van der Waals surface area contributed by atoms with E-state index in [0.29, 0.717) is 12.5 Å². The smallest absolute Gasteiger partial charge is 0.111 e. The van der Waals surface area contributed by atoms with Crippen LogP contribution in [0.2, 0.25) is 0 Å². The summed E-state index contributed by atoms with van der Waals surface area (Å²) in [7, 11) is 0. The minimum absolute atomic E-state index is 0.313. The van der Waals surface area contributed by atoms with E-state index in [1.165, 1.54) is 0 Å². The molecule has 0 radical (unpaired) electrons. The van der Waals surface area contributed by atoms with Crippen LogP contribution in [-0.4, -0.2) is 16.5 Å². The molecule has 18 heavy (non-hydrogen) atoms. The molecule has 0 aliphatic carbocycles. The Balaban J connectivity index is 2.37. The van der Waals surface area contributed by atoms with Crippen molar-refractivity contribution in [3.05, 3.63) is 40.3 Å². The number of nitrogens with two attached hydrogens (primary N) is 1. The fraction of sp³-hybridized carbons (Fsp3) is 0.357. The largest absolute Gasteiger partial charge is 0.345 e. The van der Waals surface area contributed by atoms with Crippen molar-refractivity contribution in [1.29, 1.82) is 0 Å². The highest BCUT2D eigenvalue weighted by atomic mass is 79.9. The van der Waals surface area contributed by atoms with Crippen molar-refractivity contribution in [1.82, 2.24) is 9.97 Å². The van der Waals surface area contributed by atoms with Crippen LogP contribution in [0, 0.1) is 6.92 Å². The van der Waals surface area contributed by atoms with E-state index in [4.69, 9.17) is 10.7 Å². The topological polar surface area (TPSA) is 54.7 Å². The summed E-state index contributed by atoms with van der Waals surface area (Å²) in [5.41, 5.74) is 9.01. The molecule has 0 aliphatic rings. The van der Waals surface area contributed by atoms with Crippen molar-refractivity contribution in [2.24, 2.45) is 5.73 Å². The van der Waals surface area contributed by atoms with Crippen LogP contribution >= 0.6 is 15.9 Å². The van der Waals surface area contributed by atoms with E-state index in [1.807, 2.05) is 12.1 Å². The lowest BCUT2D eigenvalue weighted by molar-refractivity contribution is 0.638. The minimum atomic E-state index is 0.313. The Hall–Kier alpha value is -1.13. The Morgan fingerprint density at radius 1 is 1.33 bits per heavy atom. The maximum absolute atomic E-state index is 5.77. The van der Waals surface area contributed by atoms with Crippen LogP contribution < -0.4 is 5.73 Å². The number of rotatable bonds is 4. The van der Waals surface area contributed by atoms with Crippen LogP contribution in [0.25, 0.3) is 11.3 Å². The van der Waals surface area contributed by atoms with Crippen molar-refractivity contribution < 1.29 is 0 Å². The lowest BCUT2D eigenvalue weighted by Gasteiger charge is -2.07. The molecule has 96 valence electrons. The van der Waals surface area contributed by atoms with Gasteiger partial charge in [0, 0.05) is 28.2 Å². The first-order chi connectivity index (χ1) is 8.65. The highest BCUT2D eigenvalue weighted by molar-refractivity contribution is 9.10. The Morgan fingerprint density at radius 3 is 2.56 bits per heavy atom. The molecule has 0 saturated carbocycles. The number of benzene rings is 1. The summed E-state index contributed by atoms with van der Waals surface area (Å²) in [6, 6.07) is 8.20. The summed E-state index contributed by atoms with van der Waals surface area (Å²) in [5.74, 6) is 1.31. The van der Waals surface area contributed by atoms with Crippen LogP contribution in [0.3, 0.4) is 0 Å². The normalized spacial score (nSPS) is 12.7. The van der Waals surface area contributed by atoms with Crippen LogP contribution in [0.15, 0.2) is 28.7 Å². The van der Waals surface area contributed by atoms with Gasteiger partial charge in [0.2, 0.25) is 0 Å². The van der Waals surface area contributed by atoms with E-state index in [9.17, 15) is 0 Å². The molecule has 2 aromatic rings. The molecule has 0 amide bonds. The van der Waals surface area contributed by atoms with Crippen molar-refractivity contribution in [2.45, 2.75) is 26.2 Å². The molecule has 1 aromatic carbocycles. The van der Waals surface area contributed by atoms with Gasteiger partial charge in [-0.05, 0) is 25.5 Å². The third kappa shape index (κ3) is 2.65. The number of hydrogen-bond acceptors (Lipinski definition) is 2. The average Bonchev–Trinajstić information content (AvgIpc) is 2.74. The number of nitrogens with zero attached hydrogens (tertiary/aromatic N) is 1. The predicted octanol–water partition coefficient (Wildman–Crippen LogP) is 3.60. The van der Waals surface area contributed by atoms with E-state index in [-0.39, 0.29) is 0 Å². The number of nitrogens with one attached hydrogen (secondary N) is 1. The number of aryl methyl sites for hydroxylation is 1. The lowest BCUT2D eigenvalue weighted by Crippen LogP contribution is -2.12. The zero-order valence-electron chi connectivity index (χ0n) is 10.7. The molecular formula is C14H18BrN3. The maximum Gasteiger partial charge on any atom is 0.111 e. The van der Waals surface area contributed by atoms with Crippen LogP contribution in [0.4, 0.5) is 0 Å². The maximum atomic E-state index is 5.77. The number of halogens is 1. The third-order valence-corrected chi connectivity index (χ3v) is 3.71. The Bertz CT molecular complexity index is 512. The van der Waals surface area contributed by atoms with Crippen LogP contribution in [0.5, 0.6) is 0 Å². The van der Waals surface area contributed by atoms with Gasteiger partial charge < -0.3 is 10.7 Å². The monoisotopic (exact) mass is 307 g/mol. The van der Waals surface area contributed by atoms with E-state index in [1.54, 1.807) is 0 Å². The number of imidazole rings is 1. The standard InChI is InChI=1S/C14H18BrN3/c1-3-10(8-16)14-17-9(2)13(18-14)11-4-6-12(15)7-5-11/h4-7,10H,3,8,16H2,1-2H3,(H,17,18). The number of hydrogen-bond donors (Lipinski definition) is 2. The van der Waals surface area contributed by atoms with E-state index >= 15 is 0 Å². The lowest BCUT2D eigenvalue weighted by atomic mass is 10.1. The highest BCUT2D eigenvalue weighted by Crippen LogP contribution is 2.26. The summed E-state index contributed by atoms with van der Waals surface area (Å²) in [4.78, 5) is 8.06. The second-order valence-corrected chi connectivity index (χ2v) is 5.36. The summed E-state index contributed by atoms with van der Waals surface area (Å²) in [5, 5.41) is 0. The second-order valence-electron chi connectivity index (χ2n) is 4.44. The van der Waals surface area contributed by atoms with Gasteiger partial charge in [0.15, 0.2) is 0 Å². The molecule has 2 rings (SSSR count). The Morgan fingerprint density at radius 2 is 2.00 bits per heavy atom. The molecule has 1 heterocycles. The van der Waals surface area contributed by atoms with Crippen molar-refractivity contribution >= 4 is 15.9 Å². The summed E-state index contributed by atoms with van der Waals surface area (Å²) >= 11 is 3.44. The van der Waals surface area contributed by atoms with Gasteiger partial charge in [-0.25, -0.2) is 4.98 Å². The van der Waals surface area contributed by atoms with Crippen molar-refractivity contribution in [3.8, 4) is 11.3 Å². The molecule has 1 unspecified atom stereocenters. The summed E-state index contributed by atoms with van der Waals surface area (Å²) in [6.45, 7) is 4.81. The molecule has 0 fully saturated rings. The van der Waals surface area contributed by atoms with E-state index < -0.39 is 0 Å². The van der Waals surface area contributed by atoms with Gasteiger partial charge in [-0.1, -0.05) is 35.0 Å². The van der Waals surface area contributed by atoms with Crippen molar-refractivity contribution in [2.75, 3.05) is 6.54 Å². The fourth-order valence-corrected chi connectivity index (χ4v) is 2.30. The predicted molar refractivity (Wildman–Crippen MR) is 78.5 cm³/mol. The molecule has 1 aromatic heterocycles. The molecule has 0 saturated heterocycles. The van der Waals surface area contributed by atoms with E-state index in [0.717, 1.165) is 33.7 Å². The zero-order chi connectivity index (χ0) is 13.1. The van der Waals surface area contributed by atoms with Gasteiger partial charge in [0.25, 0.3) is 0 Å². The average molecular weight is 308 g/mol. The number of H-pyrrole nitrogens is 1. The van der Waals surface area contributed by atoms with Gasteiger partial charge in [-0.2, -0.15) is 0 Å². The van der Waals surface area contributed by atoms with Crippen molar-refractivity contribution in [3.63, 3.8) is 0 Å². The van der Waals surface area contributed by atoms with Crippen LogP contribution in [-0.2, 0) is 0 Å². The molecular weight excluding hydrogens is 290 g/mol. The second kappa shape index (κ2) is 5.67. The van der Waals surface area contributed by atoms with Gasteiger partial charge in [-0.3, -0.25) is 0 Å². The molecule has 1 atom stereocenters. The van der Waals surface area contributed by atoms with Crippen LogP contribution in [0.1, 0.15) is 30.8 Å². The first-order valence-electron chi connectivity index (χ1n) is 6.18. The van der Waals surface area contributed by atoms with Gasteiger partial charge >= 0.3 is 0 Å². The molecule has 0 aliphatic heterocycles. The Labute approximate surface area is 116 Å². The number of aromatic amines is 1. The third-order valence-electron chi connectivity index (χ3n) is 3.18. The molecule has 0 bridgehead atoms. The molecule has 3 nitrogen and oxygen atoms in total. The fourth-order valence-electron chi connectivity index (χ4n) is 2.04. The molecule has 0 spiro atoms. The molecule has 3 N–H and O–H groups in total. The number of aromatic nitrogens is 2. The first-order valence-corrected chi connectivity index (χ1v) is 6.97. The zero-order valence-corrected chi connectivity index (χ0v) is 12.3. The SMILES string of the molecule is CCC(CN)c1nc(-c2ccc(Br)cc2)c(C)[nH]1.